The van der Waals surface area contributed by atoms with Crippen molar-refractivity contribution in [2.24, 2.45) is 0 Å². The van der Waals surface area contributed by atoms with E-state index < -0.39 is 11.9 Å². The lowest BCUT2D eigenvalue weighted by atomic mass is 10.0. The smallest absolute Gasteiger partial charge is 0.255 e. The standard InChI is InChI=1S/C21H20N4O4/c26-18-9-8-17(20(28)24-18)25-12-13-6-7-15(10-16(13)21(25)29)22-11-19(27)23-14-4-2-1-3-5-14/h1-7,10,17,22H,8-9,11-12H2,(H,23,27)(H,24,26,28)/t17-/m0/s1. The van der Waals surface area contributed by atoms with E-state index in [-0.39, 0.29) is 30.7 Å². The van der Waals surface area contributed by atoms with Gasteiger partial charge >= 0.3 is 0 Å². The molecule has 0 bridgehead atoms. The number of imide groups is 1. The van der Waals surface area contributed by atoms with Crippen molar-refractivity contribution in [2.75, 3.05) is 17.2 Å². The Labute approximate surface area is 167 Å². The molecule has 4 amide bonds. The highest BCUT2D eigenvalue weighted by Crippen LogP contribution is 2.29. The molecule has 1 saturated heterocycles. The minimum Gasteiger partial charge on any atom is -0.376 e. The van der Waals surface area contributed by atoms with Crippen molar-refractivity contribution in [3.05, 3.63) is 59.7 Å². The van der Waals surface area contributed by atoms with E-state index in [1.165, 1.54) is 4.90 Å². The molecule has 3 N–H and O–H groups in total. The van der Waals surface area contributed by atoms with E-state index in [0.717, 1.165) is 5.56 Å². The summed E-state index contributed by atoms with van der Waals surface area (Å²) < 4.78 is 0. The van der Waals surface area contributed by atoms with Crippen molar-refractivity contribution < 1.29 is 19.2 Å². The summed E-state index contributed by atoms with van der Waals surface area (Å²) in [6.07, 6.45) is 0.551. The predicted octanol–water partition coefficient (Wildman–Crippen LogP) is 1.50. The van der Waals surface area contributed by atoms with Crippen molar-refractivity contribution >= 4 is 35.0 Å². The fraction of sp³-hybridized carbons (Fsp3) is 0.238. The second kappa shape index (κ2) is 7.75. The van der Waals surface area contributed by atoms with Crippen LogP contribution >= 0.6 is 0 Å². The lowest BCUT2D eigenvalue weighted by Gasteiger charge is -2.29. The van der Waals surface area contributed by atoms with Crippen molar-refractivity contribution in [2.45, 2.75) is 25.4 Å². The number of nitrogens with one attached hydrogen (secondary N) is 3. The molecule has 0 radical (unpaired) electrons. The highest BCUT2D eigenvalue weighted by Gasteiger charge is 2.39. The van der Waals surface area contributed by atoms with Crippen LogP contribution in [0.4, 0.5) is 11.4 Å². The Balaban J connectivity index is 1.39. The molecule has 8 heteroatoms. The number of hydrogen-bond donors (Lipinski definition) is 3. The van der Waals surface area contributed by atoms with Gasteiger partial charge < -0.3 is 15.5 Å². The monoisotopic (exact) mass is 392 g/mol. The van der Waals surface area contributed by atoms with Crippen molar-refractivity contribution in [1.82, 2.24) is 10.2 Å². The molecule has 2 aliphatic rings. The maximum absolute atomic E-state index is 12.8. The van der Waals surface area contributed by atoms with Gasteiger partial charge in [0.1, 0.15) is 6.04 Å². The highest BCUT2D eigenvalue weighted by molar-refractivity contribution is 6.05. The first-order chi connectivity index (χ1) is 14.0. The molecule has 8 nitrogen and oxygen atoms in total. The van der Waals surface area contributed by atoms with Crippen LogP contribution in [0.25, 0.3) is 0 Å². The van der Waals surface area contributed by atoms with Gasteiger partial charge in [0.2, 0.25) is 17.7 Å². The van der Waals surface area contributed by atoms with Gasteiger partial charge in [0.05, 0.1) is 6.54 Å². The fourth-order valence-electron chi connectivity index (χ4n) is 3.57. The summed E-state index contributed by atoms with van der Waals surface area (Å²) in [6.45, 7) is 0.383. The fourth-order valence-corrected chi connectivity index (χ4v) is 3.57. The topological polar surface area (TPSA) is 108 Å². The van der Waals surface area contributed by atoms with Crippen LogP contribution in [0.3, 0.4) is 0 Å². The minimum atomic E-state index is -0.638. The maximum atomic E-state index is 12.8. The Morgan fingerprint density at radius 1 is 1.07 bits per heavy atom. The van der Waals surface area contributed by atoms with Gasteiger partial charge in [-0.15, -0.1) is 0 Å². The Kier molecular flexibility index (Phi) is 4.99. The molecule has 2 aromatic carbocycles. The van der Waals surface area contributed by atoms with E-state index in [1.54, 1.807) is 24.3 Å². The molecule has 2 aromatic rings. The zero-order chi connectivity index (χ0) is 20.4. The van der Waals surface area contributed by atoms with Crippen LogP contribution in [-0.2, 0) is 20.9 Å². The van der Waals surface area contributed by atoms with E-state index >= 15 is 0 Å². The number of carbonyl (C=O) groups excluding carboxylic acids is 4. The van der Waals surface area contributed by atoms with Gasteiger partial charge in [-0.25, -0.2) is 0 Å². The summed E-state index contributed by atoms with van der Waals surface area (Å²) in [6, 6.07) is 13.8. The SMILES string of the molecule is O=C1CC[C@H](N2Cc3ccc(NCC(=O)Nc4ccccc4)cc3C2=O)C(=O)N1. The number of benzene rings is 2. The van der Waals surface area contributed by atoms with E-state index in [9.17, 15) is 19.2 Å². The number of nitrogens with zero attached hydrogens (tertiary/aromatic N) is 1. The van der Waals surface area contributed by atoms with Crippen LogP contribution < -0.4 is 16.0 Å². The molecule has 29 heavy (non-hydrogen) atoms. The Morgan fingerprint density at radius 3 is 2.62 bits per heavy atom. The quantitative estimate of drug-likeness (QED) is 0.669. The zero-order valence-corrected chi connectivity index (χ0v) is 15.6. The van der Waals surface area contributed by atoms with Gasteiger partial charge in [0.25, 0.3) is 5.91 Å². The van der Waals surface area contributed by atoms with Gasteiger partial charge in [0.15, 0.2) is 0 Å². The summed E-state index contributed by atoms with van der Waals surface area (Å²) in [7, 11) is 0. The molecule has 0 spiro atoms. The van der Waals surface area contributed by atoms with E-state index in [2.05, 4.69) is 16.0 Å². The van der Waals surface area contributed by atoms with Crippen LogP contribution in [0.5, 0.6) is 0 Å². The van der Waals surface area contributed by atoms with Crippen LogP contribution in [0.1, 0.15) is 28.8 Å². The van der Waals surface area contributed by atoms with Crippen molar-refractivity contribution in [1.29, 1.82) is 0 Å². The summed E-state index contributed by atoms with van der Waals surface area (Å²) in [5, 5.41) is 8.09. The third-order valence-electron chi connectivity index (χ3n) is 5.04. The van der Waals surface area contributed by atoms with Gasteiger partial charge in [0, 0.05) is 29.9 Å². The number of anilines is 2. The third-order valence-corrected chi connectivity index (χ3v) is 5.04. The molecule has 0 aromatic heterocycles. The largest absolute Gasteiger partial charge is 0.376 e. The molecular weight excluding hydrogens is 372 g/mol. The van der Waals surface area contributed by atoms with Crippen LogP contribution in [-0.4, -0.2) is 41.1 Å². The first-order valence-electron chi connectivity index (χ1n) is 9.37. The summed E-state index contributed by atoms with van der Waals surface area (Å²) in [5.41, 5.74) is 2.68. The number of para-hydroxylation sites is 1. The molecule has 0 aliphatic carbocycles. The molecule has 0 saturated carbocycles. The maximum Gasteiger partial charge on any atom is 0.255 e. The average molecular weight is 392 g/mol. The average Bonchev–Trinajstić information content (AvgIpc) is 3.03. The Morgan fingerprint density at radius 2 is 1.86 bits per heavy atom. The Bertz CT molecular complexity index is 989. The van der Waals surface area contributed by atoms with Gasteiger partial charge in [-0.3, -0.25) is 24.5 Å². The van der Waals surface area contributed by atoms with Crippen LogP contribution in [0.2, 0.25) is 0 Å². The molecule has 148 valence electrons. The number of carbonyl (C=O) groups is 4. The summed E-state index contributed by atoms with van der Waals surface area (Å²) >= 11 is 0. The summed E-state index contributed by atoms with van der Waals surface area (Å²) in [5.74, 6) is -1.19. The molecule has 1 fully saturated rings. The third kappa shape index (κ3) is 3.96. The summed E-state index contributed by atoms with van der Waals surface area (Å²) in [4.78, 5) is 49.8. The van der Waals surface area contributed by atoms with E-state index in [1.807, 2.05) is 24.3 Å². The predicted molar refractivity (Wildman–Crippen MR) is 106 cm³/mol. The second-order valence-corrected chi connectivity index (χ2v) is 7.04. The number of rotatable bonds is 5. The number of hydrogen-bond acceptors (Lipinski definition) is 5. The minimum absolute atomic E-state index is 0.0543. The zero-order valence-electron chi connectivity index (χ0n) is 15.6. The number of piperidine rings is 1. The molecular formula is C21H20N4O4. The number of amides is 4. The lowest BCUT2D eigenvalue weighted by Crippen LogP contribution is -2.52. The van der Waals surface area contributed by atoms with Gasteiger partial charge in [-0.05, 0) is 36.2 Å². The van der Waals surface area contributed by atoms with Crippen molar-refractivity contribution in [3.8, 4) is 0 Å². The first kappa shape index (κ1) is 18.7. The van der Waals surface area contributed by atoms with Crippen LogP contribution in [0, 0.1) is 0 Å². The highest BCUT2D eigenvalue weighted by atomic mass is 16.2. The second-order valence-electron chi connectivity index (χ2n) is 7.04. The molecule has 2 aliphatic heterocycles. The van der Waals surface area contributed by atoms with E-state index in [4.69, 9.17) is 0 Å². The van der Waals surface area contributed by atoms with Gasteiger partial charge in [-0.1, -0.05) is 24.3 Å². The Hall–Kier alpha value is -3.68. The van der Waals surface area contributed by atoms with Crippen molar-refractivity contribution in [3.63, 3.8) is 0 Å². The lowest BCUT2D eigenvalue weighted by molar-refractivity contribution is -0.137. The first-order valence-corrected chi connectivity index (χ1v) is 9.37. The molecule has 1 atom stereocenters. The van der Waals surface area contributed by atoms with E-state index in [0.29, 0.717) is 29.9 Å². The van der Waals surface area contributed by atoms with Gasteiger partial charge in [-0.2, -0.15) is 0 Å². The molecule has 4 rings (SSSR count). The molecule has 0 unspecified atom stereocenters. The number of fused-ring (bicyclic) bond motifs is 1. The normalized spacial score (nSPS) is 18.3. The van der Waals surface area contributed by atoms with Crippen LogP contribution in [0.15, 0.2) is 48.5 Å². The molecule has 2 heterocycles.